The molecule has 1 saturated heterocycles. The van der Waals surface area contributed by atoms with Crippen LogP contribution in [0.15, 0.2) is 61.1 Å². The van der Waals surface area contributed by atoms with Crippen molar-refractivity contribution < 1.29 is 9.13 Å². The summed E-state index contributed by atoms with van der Waals surface area (Å²) in [4.78, 5) is 11.0. The van der Waals surface area contributed by atoms with E-state index in [-0.39, 0.29) is 5.02 Å². The number of anilines is 1. The first-order chi connectivity index (χ1) is 15.1. The number of ether oxygens (including phenoxy) is 1. The molecule has 1 spiro atoms. The van der Waals surface area contributed by atoms with Crippen LogP contribution in [-0.2, 0) is 6.42 Å². The zero-order chi connectivity index (χ0) is 21.3. The Balaban J connectivity index is 1.29. The molecule has 2 unspecified atom stereocenters. The van der Waals surface area contributed by atoms with Gasteiger partial charge >= 0.3 is 0 Å². The maximum atomic E-state index is 13.4. The van der Waals surface area contributed by atoms with Crippen LogP contribution in [0.25, 0.3) is 0 Å². The summed E-state index contributed by atoms with van der Waals surface area (Å²) in [5, 5.41) is 0.229. The number of hydrogen-bond acceptors (Lipinski definition) is 4. The van der Waals surface area contributed by atoms with Gasteiger partial charge in [0.25, 0.3) is 0 Å². The molecule has 1 aliphatic carbocycles. The monoisotopic (exact) mass is 437 g/mol. The second kappa shape index (κ2) is 8.46. The van der Waals surface area contributed by atoms with E-state index >= 15 is 0 Å². The molecule has 1 aliphatic heterocycles. The first kappa shape index (κ1) is 20.3. The van der Waals surface area contributed by atoms with E-state index in [0.29, 0.717) is 16.9 Å². The minimum absolute atomic E-state index is 0.229. The normalized spacial score (nSPS) is 22.9. The number of halogens is 2. The molecule has 160 valence electrons. The predicted octanol–water partition coefficient (Wildman–Crippen LogP) is 6.30. The molecule has 1 saturated carbocycles. The van der Waals surface area contributed by atoms with Gasteiger partial charge in [-0.15, -0.1) is 0 Å². The van der Waals surface area contributed by atoms with E-state index < -0.39 is 5.82 Å². The summed E-state index contributed by atoms with van der Waals surface area (Å²) < 4.78 is 19.4. The average Bonchev–Trinajstić information content (AvgIpc) is 3.37. The van der Waals surface area contributed by atoms with Crippen molar-refractivity contribution in [2.45, 2.75) is 32.1 Å². The van der Waals surface area contributed by atoms with Crippen LogP contribution < -0.4 is 9.64 Å². The highest BCUT2D eigenvalue weighted by Crippen LogP contribution is 2.50. The molecule has 2 fully saturated rings. The summed E-state index contributed by atoms with van der Waals surface area (Å²) >= 11 is 6.15. The lowest BCUT2D eigenvalue weighted by Gasteiger charge is -2.25. The Kier molecular flexibility index (Phi) is 5.53. The third kappa shape index (κ3) is 4.38. The van der Waals surface area contributed by atoms with Crippen LogP contribution in [-0.4, -0.2) is 23.1 Å². The average molecular weight is 438 g/mol. The van der Waals surface area contributed by atoms with Crippen molar-refractivity contribution in [3.63, 3.8) is 0 Å². The van der Waals surface area contributed by atoms with E-state index in [1.807, 2.05) is 0 Å². The Hall–Kier alpha value is -2.66. The number of rotatable bonds is 5. The first-order valence-corrected chi connectivity index (χ1v) is 11.2. The molecule has 6 heteroatoms. The van der Waals surface area contributed by atoms with Gasteiger partial charge in [0.05, 0.1) is 11.2 Å². The summed E-state index contributed by atoms with van der Waals surface area (Å²) in [5.74, 6) is 2.07. The smallest absolute Gasteiger partial charge is 0.188 e. The molecule has 31 heavy (non-hydrogen) atoms. The lowest BCUT2D eigenvalue weighted by atomic mass is 9.83. The molecule has 1 aromatic heterocycles. The Morgan fingerprint density at radius 3 is 2.84 bits per heavy atom. The van der Waals surface area contributed by atoms with Crippen LogP contribution in [0, 0.1) is 17.2 Å². The van der Waals surface area contributed by atoms with Gasteiger partial charge in [0.15, 0.2) is 11.6 Å². The summed E-state index contributed by atoms with van der Waals surface area (Å²) in [6.07, 6.45) is 9.31. The molecule has 4 nitrogen and oxygen atoms in total. The Morgan fingerprint density at radius 1 is 1.13 bits per heavy atom. The van der Waals surface area contributed by atoms with Crippen LogP contribution in [0.1, 0.15) is 31.2 Å². The van der Waals surface area contributed by atoms with Crippen LogP contribution in [0.2, 0.25) is 5.02 Å². The lowest BCUT2D eigenvalue weighted by molar-refractivity contribution is 0.322. The van der Waals surface area contributed by atoms with Crippen LogP contribution in [0.4, 0.5) is 10.2 Å². The zero-order valence-corrected chi connectivity index (χ0v) is 18.1. The SMILES string of the molecule is Fc1ccc(Oc2cncnc2N2CCC3(CCC(Cc4ccccc4)C3)C2)c(Cl)c1. The van der Waals surface area contributed by atoms with E-state index in [1.54, 1.807) is 12.5 Å². The lowest BCUT2D eigenvalue weighted by Crippen LogP contribution is -2.26. The number of nitrogens with zero attached hydrogens (tertiary/aromatic N) is 3. The molecule has 0 amide bonds. The van der Waals surface area contributed by atoms with E-state index in [4.69, 9.17) is 16.3 Å². The number of hydrogen-bond donors (Lipinski definition) is 0. The second-order valence-corrected chi connectivity index (χ2v) is 9.26. The van der Waals surface area contributed by atoms with Gasteiger partial charge in [-0.25, -0.2) is 14.4 Å². The Bertz CT molecular complexity index is 1060. The van der Waals surface area contributed by atoms with Crippen molar-refractivity contribution in [2.75, 3.05) is 18.0 Å². The van der Waals surface area contributed by atoms with Gasteiger partial charge in [-0.2, -0.15) is 0 Å². The summed E-state index contributed by atoms with van der Waals surface area (Å²) in [6, 6.07) is 14.9. The molecule has 0 N–H and O–H groups in total. The van der Waals surface area contributed by atoms with Gasteiger partial charge in [-0.05, 0) is 67.2 Å². The molecule has 0 radical (unpaired) electrons. The standard InChI is InChI=1S/C25H25ClFN3O/c26-21-13-20(27)6-7-22(21)31-23-15-28-17-29-24(23)30-11-10-25(16-30)9-8-19(14-25)12-18-4-2-1-3-5-18/h1-7,13,15,17,19H,8-12,14,16H2. The fourth-order valence-electron chi connectivity index (χ4n) is 5.23. The van der Waals surface area contributed by atoms with Crippen molar-refractivity contribution >= 4 is 17.4 Å². The van der Waals surface area contributed by atoms with Crippen LogP contribution in [0.5, 0.6) is 11.5 Å². The summed E-state index contributed by atoms with van der Waals surface area (Å²) in [7, 11) is 0. The van der Waals surface area contributed by atoms with E-state index in [1.165, 1.54) is 49.4 Å². The van der Waals surface area contributed by atoms with E-state index in [0.717, 1.165) is 31.2 Å². The topological polar surface area (TPSA) is 38.3 Å². The van der Waals surface area contributed by atoms with Crippen molar-refractivity contribution in [3.05, 3.63) is 77.5 Å². The maximum absolute atomic E-state index is 13.4. The zero-order valence-electron chi connectivity index (χ0n) is 17.3. The Morgan fingerprint density at radius 2 is 2.00 bits per heavy atom. The van der Waals surface area contributed by atoms with Crippen molar-refractivity contribution in [1.29, 1.82) is 0 Å². The first-order valence-electron chi connectivity index (χ1n) is 10.8. The minimum atomic E-state index is -0.394. The van der Waals surface area contributed by atoms with Gasteiger partial charge in [0.2, 0.25) is 0 Å². The van der Waals surface area contributed by atoms with Gasteiger partial charge in [0, 0.05) is 13.1 Å². The van der Waals surface area contributed by atoms with Crippen LogP contribution in [0.3, 0.4) is 0 Å². The fraction of sp³-hybridized carbons (Fsp3) is 0.360. The highest BCUT2D eigenvalue weighted by Gasteiger charge is 2.44. The summed E-state index contributed by atoms with van der Waals surface area (Å²) in [5.41, 5.74) is 1.77. The van der Waals surface area contributed by atoms with Gasteiger partial charge in [-0.3, -0.25) is 0 Å². The van der Waals surface area contributed by atoms with Crippen molar-refractivity contribution in [2.24, 2.45) is 11.3 Å². The molecule has 3 aromatic rings. The fourth-order valence-corrected chi connectivity index (χ4v) is 5.44. The molecule has 2 aliphatic rings. The largest absolute Gasteiger partial charge is 0.450 e. The number of benzene rings is 2. The predicted molar refractivity (Wildman–Crippen MR) is 120 cm³/mol. The molecular weight excluding hydrogens is 413 g/mol. The highest BCUT2D eigenvalue weighted by atomic mass is 35.5. The molecule has 0 bridgehead atoms. The molecule has 2 aromatic carbocycles. The molecule has 2 atom stereocenters. The van der Waals surface area contributed by atoms with E-state index in [2.05, 4.69) is 45.2 Å². The van der Waals surface area contributed by atoms with Gasteiger partial charge in [-0.1, -0.05) is 41.9 Å². The molecule has 2 heterocycles. The number of aromatic nitrogens is 2. The second-order valence-electron chi connectivity index (χ2n) is 8.86. The minimum Gasteiger partial charge on any atom is -0.450 e. The van der Waals surface area contributed by atoms with Gasteiger partial charge < -0.3 is 9.64 Å². The van der Waals surface area contributed by atoms with E-state index in [9.17, 15) is 4.39 Å². The highest BCUT2D eigenvalue weighted by molar-refractivity contribution is 6.32. The third-order valence-electron chi connectivity index (χ3n) is 6.68. The summed E-state index contributed by atoms with van der Waals surface area (Å²) in [6.45, 7) is 1.92. The van der Waals surface area contributed by atoms with Crippen molar-refractivity contribution in [3.8, 4) is 11.5 Å². The molecular formula is C25H25ClFN3O. The van der Waals surface area contributed by atoms with Crippen LogP contribution >= 0.6 is 11.6 Å². The third-order valence-corrected chi connectivity index (χ3v) is 6.98. The maximum Gasteiger partial charge on any atom is 0.188 e. The Labute approximate surface area is 187 Å². The van der Waals surface area contributed by atoms with Crippen molar-refractivity contribution in [1.82, 2.24) is 9.97 Å². The quantitative estimate of drug-likeness (QED) is 0.469. The van der Waals surface area contributed by atoms with Gasteiger partial charge in [0.1, 0.15) is 17.9 Å². The molecule has 5 rings (SSSR count).